The number of esters is 1. The number of carbonyl (C=O) groups excluding carboxylic acids is 4. The van der Waals surface area contributed by atoms with Gasteiger partial charge in [0, 0.05) is 19.3 Å². The van der Waals surface area contributed by atoms with Crippen LogP contribution < -0.4 is 11.1 Å². The fourth-order valence-electron chi connectivity index (χ4n) is 4.96. The van der Waals surface area contributed by atoms with Gasteiger partial charge in [-0.25, -0.2) is 4.79 Å². The van der Waals surface area contributed by atoms with Crippen molar-refractivity contribution in [2.24, 2.45) is 11.7 Å². The van der Waals surface area contributed by atoms with Gasteiger partial charge < -0.3 is 15.6 Å². The number of carboxylic acid groups (broad SMARTS) is 1. The van der Waals surface area contributed by atoms with Gasteiger partial charge >= 0.3 is 11.9 Å². The molecule has 9 heteroatoms. The van der Waals surface area contributed by atoms with E-state index in [1.807, 2.05) is 0 Å². The molecule has 0 bridgehead atoms. The molecule has 9 nitrogen and oxygen atoms in total. The smallest absolute Gasteiger partial charge is 0.331 e. The first-order valence-corrected chi connectivity index (χ1v) is 14.5. The van der Waals surface area contributed by atoms with E-state index in [9.17, 15) is 29.1 Å². The molecule has 0 aromatic rings. The fourth-order valence-corrected chi connectivity index (χ4v) is 4.96. The highest BCUT2D eigenvalue weighted by Gasteiger charge is 2.42. The van der Waals surface area contributed by atoms with Crippen molar-refractivity contribution in [1.82, 2.24) is 5.32 Å². The first-order chi connectivity index (χ1) is 17.9. The Bertz CT molecular complexity index is 796. The third kappa shape index (κ3) is 13.0. The molecule has 0 spiro atoms. The number of carboxylic acids is 1. The van der Waals surface area contributed by atoms with Crippen LogP contribution >= 0.6 is 0 Å². The summed E-state index contributed by atoms with van der Waals surface area (Å²) in [6, 6.07) is 0. The number of unbranched alkanes of at least 4 members (excludes halogenated alkanes) is 12. The molecule has 38 heavy (non-hydrogen) atoms. The number of amides is 2. The van der Waals surface area contributed by atoms with Crippen LogP contribution in [0.3, 0.4) is 0 Å². The van der Waals surface area contributed by atoms with Crippen molar-refractivity contribution in [1.29, 1.82) is 0 Å². The molecule has 0 radical (unpaired) electrons. The van der Waals surface area contributed by atoms with Gasteiger partial charge in [0.25, 0.3) is 0 Å². The molecule has 2 amide bonds. The maximum Gasteiger partial charge on any atom is 0.331 e. The number of nitrogens with one attached hydrogen (secondary N) is 1. The maximum atomic E-state index is 12.7. The summed E-state index contributed by atoms with van der Waals surface area (Å²) in [4.78, 5) is 60.1. The lowest BCUT2D eigenvalue weighted by Crippen LogP contribution is -2.55. The fraction of sp³-hybridized carbons (Fsp3) is 0.828. The maximum absolute atomic E-state index is 12.7. The van der Waals surface area contributed by atoms with E-state index in [4.69, 9.17) is 10.5 Å². The van der Waals surface area contributed by atoms with Crippen molar-refractivity contribution in [2.45, 2.75) is 147 Å². The van der Waals surface area contributed by atoms with E-state index in [2.05, 4.69) is 12.2 Å². The highest BCUT2D eigenvalue weighted by atomic mass is 16.6. The summed E-state index contributed by atoms with van der Waals surface area (Å²) in [5.41, 5.74) is 2.78. The van der Waals surface area contributed by atoms with Crippen LogP contribution in [-0.2, 0) is 28.7 Å². The second-order valence-electron chi connectivity index (χ2n) is 11.4. The van der Waals surface area contributed by atoms with Gasteiger partial charge in [-0.1, -0.05) is 84.0 Å². The number of hydrogen-bond donors (Lipinski definition) is 3. The van der Waals surface area contributed by atoms with Gasteiger partial charge in [0.15, 0.2) is 11.3 Å². The van der Waals surface area contributed by atoms with Gasteiger partial charge in [0.05, 0.1) is 5.92 Å². The summed E-state index contributed by atoms with van der Waals surface area (Å²) >= 11 is 0. The zero-order valence-electron chi connectivity index (χ0n) is 23.8. The molecule has 218 valence electrons. The van der Waals surface area contributed by atoms with Crippen LogP contribution in [0.5, 0.6) is 0 Å². The van der Waals surface area contributed by atoms with E-state index in [1.54, 1.807) is 13.8 Å². The number of hydrogen-bond acceptors (Lipinski definition) is 7. The van der Waals surface area contributed by atoms with Crippen molar-refractivity contribution in [2.75, 3.05) is 0 Å². The number of ketones is 1. The molecule has 1 aliphatic heterocycles. The Kier molecular flexibility index (Phi) is 15.4. The van der Waals surface area contributed by atoms with Gasteiger partial charge in [-0.2, -0.15) is 0 Å². The average Bonchev–Trinajstić information content (AvgIpc) is 3.15. The number of nitrogens with two attached hydrogens (primary N) is 1. The predicted octanol–water partition coefficient (Wildman–Crippen LogP) is 4.97. The van der Waals surface area contributed by atoms with Crippen molar-refractivity contribution in [3.8, 4) is 0 Å². The number of rotatable bonds is 22. The van der Waals surface area contributed by atoms with Crippen LogP contribution in [0.1, 0.15) is 136 Å². The third-order valence-corrected chi connectivity index (χ3v) is 7.30. The van der Waals surface area contributed by atoms with Crippen molar-refractivity contribution >= 4 is 29.5 Å². The van der Waals surface area contributed by atoms with E-state index in [0.717, 1.165) is 19.3 Å². The highest BCUT2D eigenvalue weighted by Crippen LogP contribution is 2.27. The minimum atomic E-state index is -2.14. The lowest BCUT2D eigenvalue weighted by Gasteiger charge is -2.28. The molecule has 0 aliphatic carbocycles. The van der Waals surface area contributed by atoms with Crippen molar-refractivity contribution < 1.29 is 33.8 Å². The lowest BCUT2D eigenvalue weighted by atomic mass is 9.86. The molecule has 1 rings (SSSR count). The Labute approximate surface area is 228 Å². The number of imide groups is 1. The summed E-state index contributed by atoms with van der Waals surface area (Å²) in [5, 5.41) is 11.8. The summed E-state index contributed by atoms with van der Waals surface area (Å²) in [6.45, 7) is 5.46. The molecule has 0 aromatic carbocycles. The highest BCUT2D eigenvalue weighted by molar-refractivity contribution is 6.07. The molecule has 1 unspecified atom stereocenters. The molecule has 0 saturated carbocycles. The van der Waals surface area contributed by atoms with Crippen LogP contribution in [0.4, 0.5) is 0 Å². The second-order valence-corrected chi connectivity index (χ2v) is 11.4. The molecular weight excluding hydrogens is 488 g/mol. The Morgan fingerprint density at radius 3 is 1.84 bits per heavy atom. The Morgan fingerprint density at radius 2 is 1.39 bits per heavy atom. The first kappa shape index (κ1) is 33.7. The van der Waals surface area contributed by atoms with Crippen LogP contribution in [0.25, 0.3) is 0 Å². The van der Waals surface area contributed by atoms with Crippen LogP contribution in [0.15, 0.2) is 0 Å². The van der Waals surface area contributed by atoms with Crippen molar-refractivity contribution in [3.05, 3.63) is 0 Å². The number of ether oxygens (including phenoxy) is 1. The van der Waals surface area contributed by atoms with Crippen LogP contribution in [0, 0.1) is 5.92 Å². The topological polar surface area (TPSA) is 153 Å². The number of aliphatic carboxylic acids is 1. The van der Waals surface area contributed by atoms with Gasteiger partial charge in [-0.3, -0.25) is 24.5 Å². The third-order valence-electron chi connectivity index (χ3n) is 7.30. The minimum Gasteiger partial charge on any atom is -0.480 e. The predicted molar refractivity (Wildman–Crippen MR) is 145 cm³/mol. The van der Waals surface area contributed by atoms with E-state index in [1.165, 1.54) is 57.8 Å². The van der Waals surface area contributed by atoms with Gasteiger partial charge in [0.1, 0.15) is 5.60 Å². The molecule has 0 aromatic heterocycles. The summed E-state index contributed by atoms with van der Waals surface area (Å²) in [7, 11) is 0. The average molecular weight is 539 g/mol. The quantitative estimate of drug-likeness (QED) is 0.0755. The summed E-state index contributed by atoms with van der Waals surface area (Å²) < 4.78 is 5.43. The molecule has 1 saturated heterocycles. The normalized spacial score (nSPS) is 17.2. The monoisotopic (exact) mass is 538 g/mol. The number of Topliss-reactive ketones (excluding diaryl/α,β-unsaturated/α-hetero) is 1. The van der Waals surface area contributed by atoms with Crippen LogP contribution in [-0.4, -0.2) is 45.8 Å². The Hall–Kier alpha value is -2.29. The molecule has 1 fully saturated rings. The minimum absolute atomic E-state index is 0.0401. The molecule has 2 atom stereocenters. The van der Waals surface area contributed by atoms with E-state index in [0.29, 0.717) is 6.42 Å². The second kappa shape index (κ2) is 17.3. The SMILES string of the molecule is CCCCCCCCCCCCCCCC(=O)[C@@](N)(CCC(=O)OC(C)(C)CC1CC(=O)NC1=O)C(=O)O. The zero-order chi connectivity index (χ0) is 28.6. The van der Waals surface area contributed by atoms with Crippen molar-refractivity contribution in [3.63, 3.8) is 0 Å². The first-order valence-electron chi connectivity index (χ1n) is 14.5. The van der Waals surface area contributed by atoms with E-state index >= 15 is 0 Å². The van der Waals surface area contributed by atoms with E-state index < -0.39 is 40.7 Å². The van der Waals surface area contributed by atoms with Gasteiger partial charge in [-0.05, 0) is 33.1 Å². The van der Waals surface area contributed by atoms with Gasteiger partial charge in [0.2, 0.25) is 11.8 Å². The largest absolute Gasteiger partial charge is 0.480 e. The molecule has 1 heterocycles. The summed E-state index contributed by atoms with van der Waals surface area (Å²) in [6.07, 6.45) is 14.7. The molecule has 1 aliphatic rings. The Morgan fingerprint density at radius 1 is 0.895 bits per heavy atom. The summed E-state index contributed by atoms with van der Waals surface area (Å²) in [5.74, 6) is -4.08. The standard InChI is InChI=1S/C29H50N2O7/c1-4-5-6-7-8-9-10-11-12-13-14-15-16-17-23(32)29(30,27(36)37)19-18-25(34)38-28(2,3)21-22-20-24(33)31-26(22)35/h22H,4-21,30H2,1-3H3,(H,36,37)(H,31,33,35)/t22?,29-/m0/s1. The van der Waals surface area contributed by atoms with Crippen LogP contribution in [0.2, 0.25) is 0 Å². The zero-order valence-corrected chi connectivity index (χ0v) is 23.8. The molecular formula is C29H50N2O7. The van der Waals surface area contributed by atoms with E-state index in [-0.39, 0.29) is 38.0 Å². The lowest BCUT2D eigenvalue weighted by molar-refractivity contribution is -0.159. The van der Waals surface area contributed by atoms with Gasteiger partial charge in [-0.15, -0.1) is 0 Å². The number of carbonyl (C=O) groups is 5. The molecule has 4 N–H and O–H groups in total. The Balaban J connectivity index is 2.29.